The van der Waals surface area contributed by atoms with Crippen LogP contribution < -0.4 is 10.6 Å². The molecule has 6 heteroatoms. The fraction of sp³-hybridized carbons (Fsp3) is 0.667. The second-order valence-corrected chi connectivity index (χ2v) is 5.61. The highest BCUT2D eigenvalue weighted by atomic mass is 32.2. The molecule has 0 unspecified atom stereocenters. The van der Waals surface area contributed by atoms with Crippen LogP contribution in [0, 0.1) is 19.8 Å². The highest BCUT2D eigenvalue weighted by Gasteiger charge is 2.17. The van der Waals surface area contributed by atoms with Gasteiger partial charge in [0.25, 0.3) is 0 Å². The SMILES string of the molecule is Cc1noc(C)c1CSCC(=O)NCC1CNC1. The van der Waals surface area contributed by atoms with E-state index in [0.29, 0.717) is 11.7 Å². The maximum absolute atomic E-state index is 11.6. The van der Waals surface area contributed by atoms with Gasteiger partial charge in [0.15, 0.2) is 0 Å². The largest absolute Gasteiger partial charge is 0.361 e. The third kappa shape index (κ3) is 3.49. The summed E-state index contributed by atoms with van der Waals surface area (Å²) in [5, 5.41) is 10.0. The third-order valence-electron chi connectivity index (χ3n) is 3.11. The van der Waals surface area contributed by atoms with E-state index in [2.05, 4.69) is 15.8 Å². The number of amides is 1. The minimum atomic E-state index is 0.110. The Balaban J connectivity index is 1.63. The van der Waals surface area contributed by atoms with Crippen molar-refractivity contribution in [3.05, 3.63) is 17.0 Å². The van der Waals surface area contributed by atoms with Gasteiger partial charge in [-0.15, -0.1) is 11.8 Å². The van der Waals surface area contributed by atoms with Crippen LogP contribution in [0.25, 0.3) is 0 Å². The predicted octanol–water partition coefficient (Wildman–Crippen LogP) is 0.860. The monoisotopic (exact) mass is 269 g/mol. The van der Waals surface area contributed by atoms with Crippen molar-refractivity contribution in [1.29, 1.82) is 0 Å². The molecule has 0 atom stereocenters. The Hall–Kier alpha value is -1.01. The number of carbonyl (C=O) groups excluding carboxylic acids is 1. The first kappa shape index (κ1) is 13.4. The Morgan fingerprint density at radius 2 is 2.33 bits per heavy atom. The van der Waals surface area contributed by atoms with Gasteiger partial charge in [0, 0.05) is 36.9 Å². The average molecular weight is 269 g/mol. The molecular weight excluding hydrogens is 250 g/mol. The molecule has 1 amide bonds. The van der Waals surface area contributed by atoms with E-state index < -0.39 is 0 Å². The molecule has 18 heavy (non-hydrogen) atoms. The van der Waals surface area contributed by atoms with E-state index in [1.807, 2.05) is 13.8 Å². The molecule has 1 saturated heterocycles. The van der Waals surface area contributed by atoms with Gasteiger partial charge in [-0.2, -0.15) is 0 Å². The Kier molecular flexibility index (Phi) is 4.66. The molecule has 100 valence electrons. The first-order chi connectivity index (χ1) is 8.66. The molecule has 1 aliphatic heterocycles. The standard InChI is InChI=1S/C12H19N3O2S/c1-8-11(9(2)17-15-8)6-18-7-12(16)14-5-10-3-13-4-10/h10,13H,3-7H2,1-2H3,(H,14,16). The Bertz CT molecular complexity index is 396. The van der Waals surface area contributed by atoms with Crippen LogP contribution in [0.1, 0.15) is 17.0 Å². The van der Waals surface area contributed by atoms with E-state index in [-0.39, 0.29) is 5.91 Å². The number of hydrogen-bond donors (Lipinski definition) is 2. The van der Waals surface area contributed by atoms with Crippen molar-refractivity contribution in [1.82, 2.24) is 15.8 Å². The van der Waals surface area contributed by atoms with Crippen LogP contribution >= 0.6 is 11.8 Å². The lowest BCUT2D eigenvalue weighted by atomic mass is 10.0. The molecule has 0 saturated carbocycles. The number of thioether (sulfide) groups is 1. The van der Waals surface area contributed by atoms with E-state index in [1.165, 1.54) is 0 Å². The van der Waals surface area contributed by atoms with Crippen LogP contribution in [0.2, 0.25) is 0 Å². The number of aromatic nitrogens is 1. The first-order valence-corrected chi connectivity index (χ1v) is 7.29. The number of carbonyl (C=O) groups is 1. The smallest absolute Gasteiger partial charge is 0.230 e. The minimum absolute atomic E-state index is 0.110. The van der Waals surface area contributed by atoms with Gasteiger partial charge in [-0.1, -0.05) is 5.16 Å². The van der Waals surface area contributed by atoms with Crippen LogP contribution in [0.5, 0.6) is 0 Å². The van der Waals surface area contributed by atoms with Gasteiger partial charge in [-0.05, 0) is 13.8 Å². The quantitative estimate of drug-likeness (QED) is 0.802. The summed E-state index contributed by atoms with van der Waals surface area (Å²) in [6.45, 7) is 6.66. The number of nitrogens with zero attached hydrogens (tertiary/aromatic N) is 1. The van der Waals surface area contributed by atoms with Crippen LogP contribution in [-0.2, 0) is 10.5 Å². The Labute approximate surface area is 111 Å². The molecule has 5 nitrogen and oxygen atoms in total. The normalized spacial score (nSPS) is 15.4. The molecule has 1 aromatic rings. The summed E-state index contributed by atoms with van der Waals surface area (Å²) in [6, 6.07) is 0. The maximum atomic E-state index is 11.6. The van der Waals surface area contributed by atoms with E-state index in [9.17, 15) is 4.79 Å². The van der Waals surface area contributed by atoms with Gasteiger partial charge >= 0.3 is 0 Å². The molecule has 2 N–H and O–H groups in total. The highest BCUT2D eigenvalue weighted by Crippen LogP contribution is 2.19. The highest BCUT2D eigenvalue weighted by molar-refractivity contribution is 7.99. The summed E-state index contributed by atoms with van der Waals surface area (Å²) < 4.78 is 5.08. The van der Waals surface area contributed by atoms with Gasteiger partial charge in [-0.3, -0.25) is 4.79 Å². The molecular formula is C12H19N3O2S. The van der Waals surface area contributed by atoms with E-state index >= 15 is 0 Å². The molecule has 2 heterocycles. The number of hydrogen-bond acceptors (Lipinski definition) is 5. The molecule has 0 radical (unpaired) electrons. The van der Waals surface area contributed by atoms with Gasteiger partial charge in [-0.25, -0.2) is 0 Å². The number of rotatable bonds is 6. The zero-order chi connectivity index (χ0) is 13.0. The van der Waals surface area contributed by atoms with Crippen LogP contribution in [0.15, 0.2) is 4.52 Å². The van der Waals surface area contributed by atoms with Crippen LogP contribution in [0.3, 0.4) is 0 Å². The lowest BCUT2D eigenvalue weighted by molar-refractivity contribution is -0.118. The lowest BCUT2D eigenvalue weighted by Gasteiger charge is -2.27. The fourth-order valence-corrected chi connectivity index (χ4v) is 2.76. The van der Waals surface area contributed by atoms with Crippen molar-refractivity contribution in [3.8, 4) is 0 Å². The minimum Gasteiger partial charge on any atom is -0.361 e. The Morgan fingerprint density at radius 3 is 2.89 bits per heavy atom. The second-order valence-electron chi connectivity index (χ2n) is 4.62. The fourth-order valence-electron chi connectivity index (χ4n) is 1.76. The predicted molar refractivity (Wildman–Crippen MR) is 71.5 cm³/mol. The summed E-state index contributed by atoms with van der Waals surface area (Å²) >= 11 is 1.60. The molecule has 0 bridgehead atoms. The summed E-state index contributed by atoms with van der Waals surface area (Å²) in [5.41, 5.74) is 2.02. The molecule has 0 spiro atoms. The summed E-state index contributed by atoms with van der Waals surface area (Å²) in [7, 11) is 0. The first-order valence-electron chi connectivity index (χ1n) is 6.13. The van der Waals surface area contributed by atoms with Crippen LogP contribution in [0.4, 0.5) is 0 Å². The van der Waals surface area contributed by atoms with Gasteiger partial charge < -0.3 is 15.2 Å². The molecule has 0 aliphatic carbocycles. The number of aryl methyl sites for hydroxylation is 2. The summed E-state index contributed by atoms with van der Waals surface area (Å²) in [4.78, 5) is 11.6. The summed E-state index contributed by atoms with van der Waals surface area (Å²) in [6.07, 6.45) is 0. The van der Waals surface area contributed by atoms with Crippen LogP contribution in [-0.4, -0.2) is 36.5 Å². The molecule has 2 rings (SSSR count). The zero-order valence-electron chi connectivity index (χ0n) is 10.8. The molecule has 1 aliphatic rings. The van der Waals surface area contributed by atoms with Crippen molar-refractivity contribution >= 4 is 17.7 Å². The van der Waals surface area contributed by atoms with Crippen molar-refractivity contribution in [2.45, 2.75) is 19.6 Å². The topological polar surface area (TPSA) is 67.2 Å². The second kappa shape index (κ2) is 6.24. The van der Waals surface area contributed by atoms with Crippen molar-refractivity contribution in [2.24, 2.45) is 5.92 Å². The van der Waals surface area contributed by atoms with Gasteiger partial charge in [0.05, 0.1) is 11.4 Å². The maximum Gasteiger partial charge on any atom is 0.230 e. The zero-order valence-corrected chi connectivity index (χ0v) is 11.6. The molecule has 1 aromatic heterocycles. The van der Waals surface area contributed by atoms with Gasteiger partial charge in [0.2, 0.25) is 5.91 Å². The lowest BCUT2D eigenvalue weighted by Crippen LogP contribution is -2.48. The average Bonchev–Trinajstić information content (AvgIpc) is 2.58. The van der Waals surface area contributed by atoms with E-state index in [1.54, 1.807) is 11.8 Å². The van der Waals surface area contributed by atoms with Gasteiger partial charge in [0.1, 0.15) is 5.76 Å². The summed E-state index contributed by atoms with van der Waals surface area (Å²) in [5.74, 6) is 2.84. The number of nitrogens with one attached hydrogen (secondary N) is 2. The Morgan fingerprint density at radius 1 is 1.56 bits per heavy atom. The van der Waals surface area contributed by atoms with Crippen molar-refractivity contribution in [3.63, 3.8) is 0 Å². The molecule has 0 aromatic carbocycles. The van der Waals surface area contributed by atoms with Crippen molar-refractivity contribution < 1.29 is 9.32 Å². The van der Waals surface area contributed by atoms with E-state index in [4.69, 9.17) is 4.52 Å². The molecule has 1 fully saturated rings. The third-order valence-corrected chi connectivity index (χ3v) is 4.07. The van der Waals surface area contributed by atoms with E-state index in [0.717, 1.165) is 42.4 Å². The van der Waals surface area contributed by atoms with Crippen molar-refractivity contribution in [2.75, 3.05) is 25.4 Å².